The minimum atomic E-state index is -4.87. The summed E-state index contributed by atoms with van der Waals surface area (Å²) in [6, 6.07) is 16.2. The van der Waals surface area contributed by atoms with Crippen LogP contribution in [0.5, 0.6) is 0 Å². The second-order valence-electron chi connectivity index (χ2n) is 11.3. The van der Waals surface area contributed by atoms with Crippen molar-refractivity contribution in [2.75, 3.05) is 10.8 Å². The predicted octanol–water partition coefficient (Wildman–Crippen LogP) is 7.12. The van der Waals surface area contributed by atoms with Crippen LogP contribution in [0.15, 0.2) is 77.7 Å². The number of sulfonamides is 1. The number of amides is 2. The van der Waals surface area contributed by atoms with E-state index in [2.05, 4.69) is 5.32 Å². The Bertz CT molecular complexity index is 1580. The Labute approximate surface area is 267 Å². The molecule has 1 saturated carbocycles. The molecule has 1 N–H and O–H groups in total. The van der Waals surface area contributed by atoms with Gasteiger partial charge >= 0.3 is 6.18 Å². The second kappa shape index (κ2) is 14.7. The molecule has 0 saturated heterocycles. The van der Waals surface area contributed by atoms with Crippen LogP contribution in [0.4, 0.5) is 18.9 Å². The van der Waals surface area contributed by atoms with E-state index in [0.29, 0.717) is 15.9 Å². The summed E-state index contributed by atoms with van der Waals surface area (Å²) in [4.78, 5) is 28.9. The van der Waals surface area contributed by atoms with Gasteiger partial charge in [0, 0.05) is 12.6 Å². The molecule has 0 aromatic heterocycles. The van der Waals surface area contributed by atoms with Gasteiger partial charge in [-0.15, -0.1) is 0 Å². The molecule has 3 aromatic carbocycles. The van der Waals surface area contributed by atoms with Gasteiger partial charge in [-0.2, -0.15) is 13.2 Å². The fourth-order valence-corrected chi connectivity index (χ4v) is 7.14. The molecule has 242 valence electrons. The summed E-state index contributed by atoms with van der Waals surface area (Å²) in [5, 5.41) is 2.46. The van der Waals surface area contributed by atoms with Crippen LogP contribution in [0.25, 0.3) is 0 Å². The van der Waals surface area contributed by atoms with Crippen LogP contribution in [-0.4, -0.2) is 43.8 Å². The van der Waals surface area contributed by atoms with E-state index < -0.39 is 45.3 Å². The minimum absolute atomic E-state index is 0.0106. The van der Waals surface area contributed by atoms with Gasteiger partial charge in [-0.05, 0) is 62.1 Å². The van der Waals surface area contributed by atoms with Crippen molar-refractivity contribution >= 4 is 39.1 Å². The van der Waals surface area contributed by atoms with Crippen LogP contribution in [-0.2, 0) is 32.3 Å². The lowest BCUT2D eigenvalue weighted by Crippen LogP contribution is -2.54. The van der Waals surface area contributed by atoms with Crippen molar-refractivity contribution in [3.63, 3.8) is 0 Å². The van der Waals surface area contributed by atoms with E-state index in [0.717, 1.165) is 49.8 Å². The van der Waals surface area contributed by atoms with Crippen LogP contribution in [0.2, 0.25) is 5.02 Å². The first-order chi connectivity index (χ1) is 21.3. The number of nitrogens with zero attached hydrogens (tertiary/aromatic N) is 2. The maximum absolute atomic E-state index is 14.2. The van der Waals surface area contributed by atoms with Gasteiger partial charge in [0.1, 0.15) is 12.6 Å². The van der Waals surface area contributed by atoms with Gasteiger partial charge in [-0.1, -0.05) is 85.8 Å². The fraction of sp³-hybridized carbons (Fsp3) is 0.394. The number of hydrogen-bond donors (Lipinski definition) is 1. The molecule has 12 heteroatoms. The highest BCUT2D eigenvalue weighted by molar-refractivity contribution is 7.92. The van der Waals surface area contributed by atoms with E-state index in [-0.39, 0.29) is 35.5 Å². The maximum atomic E-state index is 14.2. The number of nitrogens with one attached hydrogen (secondary N) is 1. The number of aryl methyl sites for hydroxylation is 1. The van der Waals surface area contributed by atoms with Crippen molar-refractivity contribution in [3.8, 4) is 0 Å². The van der Waals surface area contributed by atoms with Crippen molar-refractivity contribution in [2.24, 2.45) is 0 Å². The van der Waals surface area contributed by atoms with E-state index in [1.54, 1.807) is 13.0 Å². The molecule has 0 radical (unpaired) electrons. The van der Waals surface area contributed by atoms with Gasteiger partial charge in [-0.3, -0.25) is 13.9 Å². The van der Waals surface area contributed by atoms with Gasteiger partial charge in [0.15, 0.2) is 0 Å². The Morgan fingerprint density at radius 2 is 1.62 bits per heavy atom. The van der Waals surface area contributed by atoms with Crippen molar-refractivity contribution in [1.82, 2.24) is 10.2 Å². The molecule has 4 rings (SSSR count). The topological polar surface area (TPSA) is 86.8 Å². The van der Waals surface area contributed by atoms with Gasteiger partial charge < -0.3 is 10.2 Å². The number of benzene rings is 3. The quantitative estimate of drug-likeness (QED) is 0.237. The number of anilines is 1. The number of carbonyl (C=O) groups excluding carboxylic acids is 2. The van der Waals surface area contributed by atoms with E-state index in [1.807, 2.05) is 31.2 Å². The van der Waals surface area contributed by atoms with Crippen molar-refractivity contribution < 1.29 is 31.2 Å². The molecule has 45 heavy (non-hydrogen) atoms. The van der Waals surface area contributed by atoms with Crippen molar-refractivity contribution in [2.45, 2.75) is 82.1 Å². The number of hydrogen-bond acceptors (Lipinski definition) is 4. The average Bonchev–Trinajstić information content (AvgIpc) is 3.01. The zero-order valence-corrected chi connectivity index (χ0v) is 26.8. The van der Waals surface area contributed by atoms with Crippen molar-refractivity contribution in [1.29, 1.82) is 0 Å². The molecule has 1 aliphatic carbocycles. The molecule has 0 aliphatic heterocycles. The van der Waals surface area contributed by atoms with Gasteiger partial charge in [0.05, 0.1) is 21.2 Å². The Morgan fingerprint density at radius 3 is 2.22 bits per heavy atom. The number of alkyl halides is 3. The SMILES string of the molecule is CC[C@H](C(=O)NC1CCCCC1)N(Cc1ccc(C)cc1)C(=O)CN(c1ccc(Cl)c(C(F)(F)F)c1)S(=O)(=O)c1ccccc1. The summed E-state index contributed by atoms with van der Waals surface area (Å²) < 4.78 is 70.0. The zero-order chi connectivity index (χ0) is 32.8. The number of halogens is 4. The first-order valence-corrected chi connectivity index (χ1v) is 16.7. The normalized spacial score (nSPS) is 14.9. The third-order valence-corrected chi connectivity index (χ3v) is 10.1. The Hall–Kier alpha value is -3.57. The summed E-state index contributed by atoms with van der Waals surface area (Å²) >= 11 is 5.84. The van der Waals surface area contributed by atoms with Gasteiger partial charge in [0.2, 0.25) is 11.8 Å². The third-order valence-electron chi connectivity index (χ3n) is 7.96. The number of rotatable bonds is 11. The molecular weight excluding hydrogens is 627 g/mol. The molecule has 1 atom stereocenters. The molecule has 7 nitrogen and oxygen atoms in total. The number of carbonyl (C=O) groups is 2. The monoisotopic (exact) mass is 663 g/mol. The molecule has 0 heterocycles. The lowest BCUT2D eigenvalue weighted by atomic mass is 9.95. The average molecular weight is 664 g/mol. The summed E-state index contributed by atoms with van der Waals surface area (Å²) in [5.74, 6) is -1.10. The van der Waals surface area contributed by atoms with Crippen LogP contribution in [0.1, 0.15) is 62.1 Å². The Morgan fingerprint density at radius 1 is 0.978 bits per heavy atom. The summed E-state index contributed by atoms with van der Waals surface area (Å²) in [5.41, 5.74) is 0.0688. The molecule has 2 amide bonds. The van der Waals surface area contributed by atoms with Crippen LogP contribution >= 0.6 is 11.6 Å². The zero-order valence-electron chi connectivity index (χ0n) is 25.2. The van der Waals surface area contributed by atoms with Gasteiger partial charge in [0.25, 0.3) is 10.0 Å². The highest BCUT2D eigenvalue weighted by Crippen LogP contribution is 2.38. The standard InChI is InChI=1S/C33H37ClF3N3O4S/c1-3-30(32(42)38-25-10-6-4-7-11-25)39(21-24-16-14-23(2)15-17-24)31(41)22-40(45(43,44)27-12-8-5-9-13-27)26-18-19-29(34)28(20-26)33(35,36)37/h5,8-9,12-20,25,30H,3-4,6-7,10-11,21-22H2,1-2H3,(H,38,42)/t30-/m1/s1. The molecule has 3 aromatic rings. The minimum Gasteiger partial charge on any atom is -0.352 e. The fourth-order valence-electron chi connectivity index (χ4n) is 5.49. The summed E-state index contributed by atoms with van der Waals surface area (Å²) in [6.07, 6.45) is 0.0861. The Balaban J connectivity index is 1.76. The summed E-state index contributed by atoms with van der Waals surface area (Å²) in [6.45, 7) is 2.80. The third kappa shape index (κ3) is 8.58. The van der Waals surface area contributed by atoms with Crippen LogP contribution in [0.3, 0.4) is 0 Å². The molecule has 0 unspecified atom stereocenters. The van der Waals surface area contributed by atoms with E-state index in [4.69, 9.17) is 11.6 Å². The molecule has 1 aliphatic rings. The molecule has 1 fully saturated rings. The highest BCUT2D eigenvalue weighted by Gasteiger charge is 2.37. The summed E-state index contributed by atoms with van der Waals surface area (Å²) in [7, 11) is -4.54. The first kappa shape index (κ1) is 34.3. The van der Waals surface area contributed by atoms with Crippen LogP contribution < -0.4 is 9.62 Å². The van der Waals surface area contributed by atoms with Gasteiger partial charge in [-0.25, -0.2) is 8.42 Å². The lowest BCUT2D eigenvalue weighted by Gasteiger charge is -2.34. The van der Waals surface area contributed by atoms with E-state index in [9.17, 15) is 31.2 Å². The maximum Gasteiger partial charge on any atom is 0.417 e. The molecule has 0 spiro atoms. The van der Waals surface area contributed by atoms with E-state index >= 15 is 0 Å². The highest BCUT2D eigenvalue weighted by atomic mass is 35.5. The Kier molecular flexibility index (Phi) is 11.2. The second-order valence-corrected chi connectivity index (χ2v) is 13.5. The smallest absolute Gasteiger partial charge is 0.352 e. The molecule has 0 bridgehead atoms. The lowest BCUT2D eigenvalue weighted by molar-refractivity contribution is -0.140. The van der Waals surface area contributed by atoms with Crippen molar-refractivity contribution in [3.05, 3.63) is 94.5 Å². The largest absolute Gasteiger partial charge is 0.417 e. The molecular formula is C33H37ClF3N3O4S. The van der Waals surface area contributed by atoms with E-state index in [1.165, 1.54) is 29.2 Å². The van der Waals surface area contributed by atoms with Crippen LogP contribution in [0, 0.1) is 6.92 Å². The first-order valence-electron chi connectivity index (χ1n) is 14.9. The predicted molar refractivity (Wildman–Crippen MR) is 168 cm³/mol.